The van der Waals surface area contributed by atoms with Crippen molar-refractivity contribution in [2.75, 3.05) is 20.8 Å². The molecule has 0 fully saturated rings. The fourth-order valence-electron chi connectivity index (χ4n) is 5.82. The summed E-state index contributed by atoms with van der Waals surface area (Å²) in [5, 5.41) is 3.42. The van der Waals surface area contributed by atoms with Crippen LogP contribution in [0, 0.1) is 0 Å². The van der Waals surface area contributed by atoms with Crippen molar-refractivity contribution in [2.24, 2.45) is 0 Å². The maximum atomic E-state index is 14.1. The Labute approximate surface area is 247 Å². The summed E-state index contributed by atoms with van der Waals surface area (Å²) in [7, 11) is 3.21. The second-order valence-electron chi connectivity index (χ2n) is 10.6. The van der Waals surface area contributed by atoms with Crippen LogP contribution in [0.15, 0.2) is 95.3 Å². The van der Waals surface area contributed by atoms with Crippen molar-refractivity contribution >= 4 is 11.8 Å². The molecule has 2 aliphatic rings. The summed E-state index contributed by atoms with van der Waals surface area (Å²) < 4.78 is 22.9. The van der Waals surface area contributed by atoms with E-state index in [1.54, 1.807) is 14.2 Å². The standard InChI is InChI=1S/C35H37NO6/c1-5-17-41-35(38)32-22(2)36-27-18-25(24-15-16-30(39-3)31(20-24)40-4)19-28(37)34(27)33(32)26-13-9-10-14-29(26)42-21-23-11-7-6-8-12-23/h6-16,20,25,33,36H,5,17-19,21H2,1-4H3/t25-,33+/m1/s1. The minimum atomic E-state index is -0.614. The molecule has 0 amide bonds. The Morgan fingerprint density at radius 2 is 1.64 bits per heavy atom. The molecule has 0 bridgehead atoms. The molecule has 7 nitrogen and oxygen atoms in total. The predicted octanol–water partition coefficient (Wildman–Crippen LogP) is 6.60. The van der Waals surface area contributed by atoms with Crippen LogP contribution in [0.5, 0.6) is 17.2 Å². The second-order valence-corrected chi connectivity index (χ2v) is 10.6. The minimum Gasteiger partial charge on any atom is -0.493 e. The normalized spacial score (nSPS) is 18.2. The number of rotatable bonds is 10. The molecule has 0 unspecified atom stereocenters. The van der Waals surface area contributed by atoms with E-state index in [4.69, 9.17) is 18.9 Å². The van der Waals surface area contributed by atoms with Crippen molar-refractivity contribution in [3.05, 3.63) is 112 Å². The quantitative estimate of drug-likeness (QED) is 0.277. The molecule has 1 heterocycles. The molecule has 2 atom stereocenters. The fourth-order valence-corrected chi connectivity index (χ4v) is 5.82. The lowest BCUT2D eigenvalue weighted by Crippen LogP contribution is -2.36. The predicted molar refractivity (Wildman–Crippen MR) is 161 cm³/mol. The number of para-hydroxylation sites is 1. The van der Waals surface area contributed by atoms with E-state index in [2.05, 4.69) is 5.32 Å². The number of methoxy groups -OCH3 is 2. The monoisotopic (exact) mass is 567 g/mol. The number of nitrogens with one attached hydrogen (secondary N) is 1. The number of ketones is 1. The molecule has 0 saturated heterocycles. The van der Waals surface area contributed by atoms with Crippen LogP contribution in [0.4, 0.5) is 0 Å². The van der Waals surface area contributed by atoms with Gasteiger partial charge in [-0.15, -0.1) is 0 Å². The highest BCUT2D eigenvalue weighted by molar-refractivity contribution is 6.04. The third kappa shape index (κ3) is 5.91. The van der Waals surface area contributed by atoms with Crippen molar-refractivity contribution in [1.82, 2.24) is 5.32 Å². The first-order valence-corrected chi connectivity index (χ1v) is 14.3. The maximum Gasteiger partial charge on any atom is 0.336 e. The van der Waals surface area contributed by atoms with Crippen LogP contribution < -0.4 is 19.5 Å². The largest absolute Gasteiger partial charge is 0.493 e. The lowest BCUT2D eigenvalue weighted by molar-refractivity contribution is -0.139. The Morgan fingerprint density at radius 3 is 2.38 bits per heavy atom. The van der Waals surface area contributed by atoms with E-state index in [1.807, 2.05) is 86.6 Å². The van der Waals surface area contributed by atoms with Gasteiger partial charge in [-0.25, -0.2) is 4.79 Å². The molecule has 1 aliphatic heterocycles. The van der Waals surface area contributed by atoms with Crippen molar-refractivity contribution < 1.29 is 28.5 Å². The average molecular weight is 568 g/mol. The number of carbonyl (C=O) groups is 2. The molecule has 0 saturated carbocycles. The lowest BCUT2D eigenvalue weighted by Gasteiger charge is -2.37. The van der Waals surface area contributed by atoms with Crippen molar-refractivity contribution in [1.29, 1.82) is 0 Å². The number of allylic oxidation sites excluding steroid dienone is 3. The van der Waals surface area contributed by atoms with E-state index in [0.717, 1.165) is 22.4 Å². The van der Waals surface area contributed by atoms with Gasteiger partial charge in [0.1, 0.15) is 12.4 Å². The van der Waals surface area contributed by atoms with E-state index < -0.39 is 11.9 Å². The molecule has 0 radical (unpaired) electrons. The summed E-state index contributed by atoms with van der Waals surface area (Å²) in [4.78, 5) is 27.6. The van der Waals surface area contributed by atoms with Gasteiger partial charge in [-0.2, -0.15) is 0 Å². The smallest absolute Gasteiger partial charge is 0.336 e. The molecule has 3 aromatic rings. The Balaban J connectivity index is 1.55. The minimum absolute atomic E-state index is 0.0142. The van der Waals surface area contributed by atoms with Crippen LogP contribution in [0.2, 0.25) is 0 Å². The number of hydrogen-bond acceptors (Lipinski definition) is 7. The zero-order valence-electron chi connectivity index (χ0n) is 24.6. The van der Waals surface area contributed by atoms with Crippen LogP contribution in [0.25, 0.3) is 0 Å². The highest BCUT2D eigenvalue weighted by Gasteiger charge is 2.42. The van der Waals surface area contributed by atoms with E-state index in [0.29, 0.717) is 66.6 Å². The van der Waals surface area contributed by atoms with Gasteiger partial charge in [-0.05, 0) is 55.0 Å². The molecular formula is C35H37NO6. The van der Waals surface area contributed by atoms with Crippen LogP contribution in [-0.4, -0.2) is 32.6 Å². The fraction of sp³-hybridized carbons (Fsp3) is 0.314. The summed E-state index contributed by atoms with van der Waals surface area (Å²) >= 11 is 0. The number of benzene rings is 3. The van der Waals surface area contributed by atoms with Crippen molar-refractivity contribution in [3.8, 4) is 17.2 Å². The molecule has 1 N–H and O–H groups in total. The van der Waals surface area contributed by atoms with Gasteiger partial charge in [0.2, 0.25) is 0 Å². The number of dihydropyridines is 1. The second kappa shape index (κ2) is 13.0. The Bertz CT molecular complexity index is 1520. The van der Waals surface area contributed by atoms with Crippen LogP contribution in [-0.2, 0) is 20.9 Å². The Morgan fingerprint density at radius 1 is 0.905 bits per heavy atom. The van der Waals surface area contributed by atoms with Gasteiger partial charge in [0.15, 0.2) is 17.3 Å². The number of ether oxygens (including phenoxy) is 4. The zero-order valence-corrected chi connectivity index (χ0v) is 24.6. The summed E-state index contributed by atoms with van der Waals surface area (Å²) in [6, 6.07) is 23.3. The summed E-state index contributed by atoms with van der Waals surface area (Å²) in [5.74, 6) is 0.777. The first kappa shape index (κ1) is 29.0. The number of esters is 1. The molecular weight excluding hydrogens is 530 g/mol. The van der Waals surface area contributed by atoms with Gasteiger partial charge in [-0.3, -0.25) is 4.79 Å². The number of Topliss-reactive ketones (excluding diaryl/α,β-unsaturated/α-hetero) is 1. The first-order valence-electron chi connectivity index (χ1n) is 14.3. The van der Waals surface area contributed by atoms with Gasteiger partial charge in [0, 0.05) is 29.0 Å². The van der Waals surface area contributed by atoms with E-state index in [-0.39, 0.29) is 11.7 Å². The summed E-state index contributed by atoms with van der Waals surface area (Å²) in [6.45, 7) is 4.49. The van der Waals surface area contributed by atoms with Crippen LogP contribution in [0.3, 0.4) is 0 Å². The number of carbonyl (C=O) groups excluding carboxylic acids is 2. The zero-order chi connectivity index (χ0) is 29.6. The summed E-state index contributed by atoms with van der Waals surface area (Å²) in [6.07, 6.45) is 1.61. The van der Waals surface area contributed by atoms with Gasteiger partial charge in [0.25, 0.3) is 0 Å². The molecule has 218 valence electrons. The van der Waals surface area contributed by atoms with Crippen molar-refractivity contribution in [3.63, 3.8) is 0 Å². The molecule has 0 spiro atoms. The molecule has 5 rings (SSSR count). The van der Waals surface area contributed by atoms with Gasteiger partial charge in [0.05, 0.1) is 32.3 Å². The SMILES string of the molecule is CCCOC(=O)C1=C(C)NC2=C(C(=O)C[C@H](c3ccc(OC)c(OC)c3)C2)[C@H]1c1ccccc1OCc1ccccc1. The number of hydrogen-bond donors (Lipinski definition) is 1. The first-order chi connectivity index (χ1) is 20.4. The van der Waals surface area contributed by atoms with E-state index >= 15 is 0 Å². The highest BCUT2D eigenvalue weighted by Crippen LogP contribution is 2.48. The topological polar surface area (TPSA) is 83.1 Å². The highest BCUT2D eigenvalue weighted by atomic mass is 16.5. The van der Waals surface area contributed by atoms with E-state index in [9.17, 15) is 9.59 Å². The Hall–Kier alpha value is -4.52. The molecule has 1 aliphatic carbocycles. The van der Waals surface area contributed by atoms with Gasteiger partial charge < -0.3 is 24.3 Å². The lowest BCUT2D eigenvalue weighted by atomic mass is 9.71. The molecule has 0 aromatic heterocycles. The maximum absolute atomic E-state index is 14.1. The van der Waals surface area contributed by atoms with E-state index in [1.165, 1.54) is 0 Å². The van der Waals surface area contributed by atoms with Crippen LogP contribution >= 0.6 is 0 Å². The molecule has 42 heavy (non-hydrogen) atoms. The van der Waals surface area contributed by atoms with Crippen LogP contribution in [0.1, 0.15) is 61.6 Å². The summed E-state index contributed by atoms with van der Waals surface area (Å²) in [5.41, 5.74) is 5.32. The van der Waals surface area contributed by atoms with Crippen molar-refractivity contribution in [2.45, 2.75) is 51.6 Å². The molecule has 7 heteroatoms. The Kier molecular flexibility index (Phi) is 8.96. The van der Waals surface area contributed by atoms with Gasteiger partial charge in [-0.1, -0.05) is 61.5 Å². The molecule has 3 aromatic carbocycles. The van der Waals surface area contributed by atoms with Gasteiger partial charge >= 0.3 is 5.97 Å². The third-order valence-electron chi connectivity index (χ3n) is 7.83. The third-order valence-corrected chi connectivity index (χ3v) is 7.83. The average Bonchev–Trinajstić information content (AvgIpc) is 3.02.